The van der Waals surface area contributed by atoms with Gasteiger partial charge in [0.2, 0.25) is 5.75 Å². The summed E-state index contributed by atoms with van der Waals surface area (Å²) in [5, 5.41) is 2.56. The first-order valence-electron chi connectivity index (χ1n) is 10.5. The van der Waals surface area contributed by atoms with Gasteiger partial charge in [-0.15, -0.1) is 0 Å². The zero-order valence-electron chi connectivity index (χ0n) is 19.2. The van der Waals surface area contributed by atoms with Gasteiger partial charge < -0.3 is 18.9 Å². The number of amides is 2. The van der Waals surface area contributed by atoms with Crippen LogP contribution in [0.3, 0.4) is 0 Å². The summed E-state index contributed by atoms with van der Waals surface area (Å²) >= 11 is 5.29. The Morgan fingerprint density at radius 1 is 0.829 bits per heavy atom. The van der Waals surface area contributed by atoms with Crippen LogP contribution in [0.1, 0.15) is 5.56 Å². The molecule has 9 heteroatoms. The molecule has 0 saturated carbocycles. The number of ether oxygens (including phenoxy) is 4. The lowest BCUT2D eigenvalue weighted by atomic mass is 10.1. The van der Waals surface area contributed by atoms with Crippen LogP contribution in [0.15, 0.2) is 72.3 Å². The molecule has 0 aliphatic carbocycles. The first kappa shape index (κ1) is 23.8. The van der Waals surface area contributed by atoms with Gasteiger partial charge in [-0.2, -0.15) is 0 Å². The van der Waals surface area contributed by atoms with Gasteiger partial charge in [0.25, 0.3) is 11.8 Å². The van der Waals surface area contributed by atoms with Gasteiger partial charge in [-0.3, -0.25) is 19.8 Å². The van der Waals surface area contributed by atoms with Gasteiger partial charge in [0.15, 0.2) is 16.6 Å². The summed E-state index contributed by atoms with van der Waals surface area (Å²) in [6.45, 7) is 0. The van der Waals surface area contributed by atoms with Crippen molar-refractivity contribution in [3.8, 4) is 28.7 Å². The molecule has 0 spiro atoms. The van der Waals surface area contributed by atoms with Crippen molar-refractivity contribution in [3.63, 3.8) is 0 Å². The number of carbonyl (C=O) groups excluding carboxylic acids is 2. The monoisotopic (exact) mass is 490 g/mol. The van der Waals surface area contributed by atoms with Crippen molar-refractivity contribution in [1.29, 1.82) is 0 Å². The molecule has 3 aromatic rings. The van der Waals surface area contributed by atoms with Crippen molar-refractivity contribution in [2.75, 3.05) is 26.2 Å². The average Bonchev–Trinajstić information content (AvgIpc) is 2.87. The van der Waals surface area contributed by atoms with Crippen LogP contribution in [-0.2, 0) is 9.59 Å². The van der Waals surface area contributed by atoms with Crippen molar-refractivity contribution in [3.05, 3.63) is 77.9 Å². The Bertz CT molecular complexity index is 1280. The van der Waals surface area contributed by atoms with Gasteiger partial charge in [-0.25, -0.2) is 0 Å². The van der Waals surface area contributed by atoms with Crippen molar-refractivity contribution in [2.45, 2.75) is 0 Å². The van der Waals surface area contributed by atoms with E-state index >= 15 is 0 Å². The van der Waals surface area contributed by atoms with Crippen molar-refractivity contribution >= 4 is 40.9 Å². The molecule has 1 N–H and O–H groups in total. The third kappa shape index (κ3) is 4.95. The summed E-state index contributed by atoms with van der Waals surface area (Å²) in [5.74, 6) is 1.29. The predicted molar refractivity (Wildman–Crippen MR) is 135 cm³/mol. The van der Waals surface area contributed by atoms with Gasteiger partial charge in [0.1, 0.15) is 17.1 Å². The molecular weight excluding hydrogens is 468 g/mol. The molecule has 0 bridgehead atoms. The fraction of sp³-hybridized carbons (Fsp3) is 0.115. The maximum Gasteiger partial charge on any atom is 0.270 e. The molecule has 1 aliphatic heterocycles. The number of carbonyl (C=O) groups is 2. The number of methoxy groups -OCH3 is 3. The molecule has 0 aromatic heterocycles. The van der Waals surface area contributed by atoms with Crippen LogP contribution in [0.5, 0.6) is 28.7 Å². The molecule has 0 unspecified atom stereocenters. The summed E-state index contributed by atoms with van der Waals surface area (Å²) in [7, 11) is 4.46. The van der Waals surface area contributed by atoms with Crippen LogP contribution in [0.4, 0.5) is 5.69 Å². The van der Waals surface area contributed by atoms with E-state index in [0.717, 1.165) is 0 Å². The standard InChI is InChI=1S/C26H22N2O6S/c1-31-21-14-16(15-22(32-2)23(21)33-3)13-20-24(29)27-26(35)28(25(20)30)17-9-11-19(12-10-17)34-18-7-5-4-6-8-18/h4-15H,1-3H3,(H,27,29,35). The second-order valence-corrected chi connectivity index (χ2v) is 7.71. The molecule has 2 amide bonds. The number of nitrogens with zero attached hydrogens (tertiary/aromatic N) is 1. The molecule has 3 aromatic carbocycles. The SMILES string of the molecule is COc1cc(C=C2C(=O)NC(=S)N(c3ccc(Oc4ccccc4)cc3)C2=O)cc(OC)c1OC. The average molecular weight is 491 g/mol. The molecule has 35 heavy (non-hydrogen) atoms. The molecule has 0 atom stereocenters. The summed E-state index contributed by atoms with van der Waals surface area (Å²) in [6, 6.07) is 19.4. The maximum atomic E-state index is 13.4. The van der Waals surface area contributed by atoms with Crippen LogP contribution in [-0.4, -0.2) is 38.3 Å². The van der Waals surface area contributed by atoms with Crippen LogP contribution < -0.4 is 29.2 Å². The Kier molecular flexibility index (Phi) is 6.98. The number of rotatable bonds is 7. The molecule has 178 valence electrons. The lowest BCUT2D eigenvalue weighted by molar-refractivity contribution is -0.122. The topological polar surface area (TPSA) is 86.3 Å². The predicted octanol–water partition coefficient (Wildman–Crippen LogP) is 4.34. The minimum Gasteiger partial charge on any atom is -0.493 e. The smallest absolute Gasteiger partial charge is 0.270 e. The van der Waals surface area contributed by atoms with Crippen LogP contribution >= 0.6 is 12.2 Å². The van der Waals surface area contributed by atoms with E-state index in [1.807, 2.05) is 30.3 Å². The summed E-state index contributed by atoms with van der Waals surface area (Å²) in [6.07, 6.45) is 1.45. The van der Waals surface area contributed by atoms with Crippen molar-refractivity contribution in [1.82, 2.24) is 5.32 Å². The van der Waals surface area contributed by atoms with E-state index in [4.69, 9.17) is 31.2 Å². The summed E-state index contributed by atoms with van der Waals surface area (Å²) in [4.78, 5) is 27.3. The number of hydrogen-bond donors (Lipinski definition) is 1. The Morgan fingerprint density at radius 3 is 2.00 bits per heavy atom. The normalized spacial score (nSPS) is 14.5. The minimum atomic E-state index is -0.603. The highest BCUT2D eigenvalue weighted by atomic mass is 32.1. The molecule has 1 aliphatic rings. The number of benzene rings is 3. The van der Waals surface area contributed by atoms with Gasteiger partial charge in [-0.1, -0.05) is 18.2 Å². The second kappa shape index (κ2) is 10.3. The zero-order valence-corrected chi connectivity index (χ0v) is 20.0. The first-order chi connectivity index (χ1) is 16.9. The molecule has 0 radical (unpaired) electrons. The van der Waals surface area contributed by atoms with E-state index < -0.39 is 11.8 Å². The summed E-state index contributed by atoms with van der Waals surface area (Å²) in [5.41, 5.74) is 0.895. The van der Waals surface area contributed by atoms with Gasteiger partial charge in [0.05, 0.1) is 27.0 Å². The maximum absolute atomic E-state index is 13.4. The highest BCUT2D eigenvalue weighted by molar-refractivity contribution is 7.80. The highest BCUT2D eigenvalue weighted by Gasteiger charge is 2.34. The van der Waals surface area contributed by atoms with E-state index in [1.54, 1.807) is 36.4 Å². The molecule has 1 fully saturated rings. The van der Waals surface area contributed by atoms with Gasteiger partial charge in [-0.05, 0) is 72.4 Å². The zero-order chi connectivity index (χ0) is 24.9. The Morgan fingerprint density at radius 2 is 1.43 bits per heavy atom. The van der Waals surface area contributed by atoms with E-state index in [1.165, 1.54) is 32.3 Å². The highest BCUT2D eigenvalue weighted by Crippen LogP contribution is 2.39. The van der Waals surface area contributed by atoms with Crippen LogP contribution in [0.2, 0.25) is 0 Å². The third-order valence-electron chi connectivity index (χ3n) is 5.17. The van der Waals surface area contributed by atoms with Gasteiger partial charge in [0, 0.05) is 0 Å². The van der Waals surface area contributed by atoms with Crippen LogP contribution in [0, 0.1) is 0 Å². The Balaban J connectivity index is 1.64. The number of para-hydroxylation sites is 1. The minimum absolute atomic E-state index is 0.0150. The molecule has 1 saturated heterocycles. The fourth-order valence-corrected chi connectivity index (χ4v) is 3.81. The lowest BCUT2D eigenvalue weighted by Gasteiger charge is -2.29. The molecular formula is C26H22N2O6S. The van der Waals surface area contributed by atoms with Crippen molar-refractivity contribution in [2.24, 2.45) is 0 Å². The number of nitrogens with one attached hydrogen (secondary N) is 1. The Labute approximate surface area is 207 Å². The molecule has 8 nitrogen and oxygen atoms in total. The first-order valence-corrected chi connectivity index (χ1v) is 10.9. The largest absolute Gasteiger partial charge is 0.493 e. The number of hydrogen-bond acceptors (Lipinski definition) is 7. The fourth-order valence-electron chi connectivity index (χ4n) is 3.53. The van der Waals surface area contributed by atoms with E-state index in [-0.39, 0.29) is 10.7 Å². The Hall–Kier alpha value is -4.37. The molecule has 4 rings (SSSR count). The van der Waals surface area contributed by atoms with E-state index in [9.17, 15) is 9.59 Å². The third-order valence-corrected chi connectivity index (χ3v) is 5.46. The van der Waals surface area contributed by atoms with Gasteiger partial charge >= 0.3 is 0 Å². The van der Waals surface area contributed by atoms with Crippen LogP contribution in [0.25, 0.3) is 6.08 Å². The second-order valence-electron chi connectivity index (χ2n) is 7.33. The lowest BCUT2D eigenvalue weighted by Crippen LogP contribution is -2.54. The molecule has 1 heterocycles. The quantitative estimate of drug-likeness (QED) is 0.300. The van der Waals surface area contributed by atoms with E-state index in [0.29, 0.717) is 40.0 Å². The number of anilines is 1. The van der Waals surface area contributed by atoms with E-state index in [2.05, 4.69) is 5.32 Å². The summed E-state index contributed by atoms with van der Waals surface area (Å²) < 4.78 is 21.9. The van der Waals surface area contributed by atoms with Crippen molar-refractivity contribution < 1.29 is 28.5 Å². The number of thiocarbonyl (C=S) groups is 1.